The fourth-order valence-corrected chi connectivity index (χ4v) is 3.22. The molecular formula is C21H24N6O2. The van der Waals surface area contributed by atoms with E-state index in [0.717, 1.165) is 24.3 Å². The number of nitrogens with zero attached hydrogens (tertiary/aromatic N) is 5. The number of aromatic nitrogens is 3. The molecule has 29 heavy (non-hydrogen) atoms. The van der Waals surface area contributed by atoms with E-state index >= 15 is 0 Å². The lowest BCUT2D eigenvalue weighted by atomic mass is 10.1. The number of hydrogen-bond donors (Lipinski definition) is 1. The molecule has 4 rings (SSSR count). The lowest BCUT2D eigenvalue weighted by molar-refractivity contribution is 0.194. The van der Waals surface area contributed by atoms with Crippen LogP contribution in [0.3, 0.4) is 0 Å². The highest BCUT2D eigenvalue weighted by molar-refractivity contribution is 5.74. The Hall–Kier alpha value is -3.42. The molecular weight excluding hydrogens is 368 g/mol. The van der Waals surface area contributed by atoms with Crippen molar-refractivity contribution < 1.29 is 9.21 Å². The van der Waals surface area contributed by atoms with Crippen LogP contribution in [-0.2, 0) is 6.42 Å². The molecule has 2 amide bonds. The molecule has 0 saturated carbocycles. The van der Waals surface area contributed by atoms with Gasteiger partial charge in [-0.2, -0.15) is 0 Å². The number of carbonyl (C=O) groups is 1. The van der Waals surface area contributed by atoms with Crippen molar-refractivity contribution in [1.82, 2.24) is 25.2 Å². The van der Waals surface area contributed by atoms with Crippen molar-refractivity contribution in [3.63, 3.8) is 0 Å². The van der Waals surface area contributed by atoms with E-state index in [1.54, 1.807) is 24.7 Å². The molecule has 3 aromatic rings. The molecule has 1 N–H and O–H groups in total. The van der Waals surface area contributed by atoms with Crippen molar-refractivity contribution in [3.05, 3.63) is 60.2 Å². The van der Waals surface area contributed by atoms with Crippen LogP contribution in [0.25, 0.3) is 11.5 Å². The first-order chi connectivity index (χ1) is 14.2. The average Bonchev–Trinajstić information content (AvgIpc) is 3.24. The van der Waals surface area contributed by atoms with Gasteiger partial charge < -0.3 is 19.5 Å². The summed E-state index contributed by atoms with van der Waals surface area (Å²) in [7, 11) is 0. The van der Waals surface area contributed by atoms with Crippen molar-refractivity contribution in [2.45, 2.75) is 13.3 Å². The molecule has 0 radical (unpaired) electrons. The van der Waals surface area contributed by atoms with E-state index in [1.807, 2.05) is 36.1 Å². The largest absolute Gasteiger partial charge is 0.444 e. The molecule has 1 aliphatic rings. The van der Waals surface area contributed by atoms with Crippen LogP contribution in [0.1, 0.15) is 11.3 Å². The third kappa shape index (κ3) is 4.71. The number of anilines is 1. The molecule has 1 aliphatic heterocycles. The highest BCUT2D eigenvalue weighted by Crippen LogP contribution is 2.19. The lowest BCUT2D eigenvalue weighted by Crippen LogP contribution is -2.52. The zero-order valence-corrected chi connectivity index (χ0v) is 16.4. The van der Waals surface area contributed by atoms with Crippen molar-refractivity contribution >= 4 is 12.0 Å². The molecule has 150 valence electrons. The second-order valence-electron chi connectivity index (χ2n) is 7.01. The molecule has 0 bridgehead atoms. The van der Waals surface area contributed by atoms with Crippen LogP contribution in [-0.4, -0.2) is 58.6 Å². The summed E-state index contributed by atoms with van der Waals surface area (Å²) in [5, 5.41) is 2.97. The molecule has 8 nitrogen and oxygen atoms in total. The van der Waals surface area contributed by atoms with Gasteiger partial charge in [0.2, 0.25) is 11.8 Å². The van der Waals surface area contributed by atoms with Crippen molar-refractivity contribution in [2.75, 3.05) is 37.6 Å². The topological polar surface area (TPSA) is 87.4 Å². The molecule has 3 heterocycles. The second-order valence-corrected chi connectivity index (χ2v) is 7.01. The summed E-state index contributed by atoms with van der Waals surface area (Å²) in [6, 6.07) is 9.79. The summed E-state index contributed by atoms with van der Waals surface area (Å²) in [6.45, 7) is 5.29. The first kappa shape index (κ1) is 18.9. The average molecular weight is 392 g/mol. The summed E-state index contributed by atoms with van der Waals surface area (Å²) in [5.41, 5.74) is 2.97. The number of piperazine rings is 1. The maximum atomic E-state index is 12.4. The van der Waals surface area contributed by atoms with E-state index in [1.165, 1.54) is 5.56 Å². The van der Waals surface area contributed by atoms with Gasteiger partial charge in [-0.3, -0.25) is 0 Å². The van der Waals surface area contributed by atoms with E-state index in [9.17, 15) is 4.79 Å². The van der Waals surface area contributed by atoms with Gasteiger partial charge in [-0.15, -0.1) is 0 Å². The van der Waals surface area contributed by atoms with Crippen LogP contribution in [0.15, 0.2) is 53.4 Å². The number of hydrogen-bond acceptors (Lipinski definition) is 6. The molecule has 0 unspecified atom stereocenters. The second kappa shape index (κ2) is 8.72. The molecule has 1 fully saturated rings. The lowest BCUT2D eigenvalue weighted by Gasteiger charge is -2.34. The molecule has 1 aromatic carbocycles. The van der Waals surface area contributed by atoms with E-state index in [0.29, 0.717) is 37.9 Å². The van der Waals surface area contributed by atoms with Crippen LogP contribution < -0.4 is 10.2 Å². The highest BCUT2D eigenvalue weighted by atomic mass is 16.3. The van der Waals surface area contributed by atoms with Gasteiger partial charge in [0.25, 0.3) is 0 Å². The van der Waals surface area contributed by atoms with Crippen molar-refractivity contribution in [3.8, 4) is 11.5 Å². The Bertz CT molecular complexity index is 933. The monoisotopic (exact) mass is 392 g/mol. The van der Waals surface area contributed by atoms with E-state index < -0.39 is 0 Å². The van der Waals surface area contributed by atoms with Gasteiger partial charge in [0.15, 0.2) is 0 Å². The van der Waals surface area contributed by atoms with E-state index in [2.05, 4.69) is 25.2 Å². The SMILES string of the molecule is Cc1ccc(-c2nc(CCNC(=O)N3CCN(c4ncccn4)CC3)co2)cc1. The molecule has 0 aliphatic carbocycles. The number of oxazole rings is 1. The summed E-state index contributed by atoms with van der Waals surface area (Å²) in [4.78, 5) is 29.4. The van der Waals surface area contributed by atoms with Gasteiger partial charge in [-0.1, -0.05) is 17.7 Å². The number of benzene rings is 1. The normalized spacial score (nSPS) is 14.1. The number of aryl methyl sites for hydroxylation is 1. The maximum absolute atomic E-state index is 12.4. The van der Waals surface area contributed by atoms with Gasteiger partial charge in [0.05, 0.1) is 5.69 Å². The van der Waals surface area contributed by atoms with Gasteiger partial charge in [0.1, 0.15) is 6.26 Å². The van der Waals surface area contributed by atoms with E-state index in [-0.39, 0.29) is 6.03 Å². The number of nitrogens with one attached hydrogen (secondary N) is 1. The van der Waals surface area contributed by atoms with Gasteiger partial charge in [-0.25, -0.2) is 19.7 Å². The Balaban J connectivity index is 1.22. The first-order valence-electron chi connectivity index (χ1n) is 9.75. The smallest absolute Gasteiger partial charge is 0.317 e. The third-order valence-corrected chi connectivity index (χ3v) is 4.91. The Kier molecular flexibility index (Phi) is 5.69. The Morgan fingerprint density at radius 2 is 1.83 bits per heavy atom. The molecule has 0 spiro atoms. The standard InChI is InChI=1S/C21H24N6O2/c1-16-3-5-17(6-4-16)19-25-18(15-29-19)7-10-24-21(28)27-13-11-26(12-14-27)20-22-8-2-9-23-20/h2-6,8-9,15H,7,10-14H2,1H3,(H,24,28). The van der Waals surface area contributed by atoms with E-state index in [4.69, 9.17) is 4.42 Å². The number of urea groups is 1. The fraction of sp³-hybridized carbons (Fsp3) is 0.333. The van der Waals surface area contributed by atoms with Gasteiger partial charge >= 0.3 is 6.03 Å². The highest BCUT2D eigenvalue weighted by Gasteiger charge is 2.22. The Morgan fingerprint density at radius 1 is 1.10 bits per heavy atom. The quantitative estimate of drug-likeness (QED) is 0.718. The van der Waals surface area contributed by atoms with Gasteiger partial charge in [-0.05, 0) is 25.1 Å². The summed E-state index contributed by atoms with van der Waals surface area (Å²) < 4.78 is 5.57. The minimum atomic E-state index is -0.0547. The number of amides is 2. The Morgan fingerprint density at radius 3 is 2.55 bits per heavy atom. The maximum Gasteiger partial charge on any atom is 0.317 e. The summed E-state index contributed by atoms with van der Waals surface area (Å²) in [6.07, 6.45) is 5.74. The first-order valence-corrected chi connectivity index (χ1v) is 9.75. The van der Waals surface area contributed by atoms with Crippen LogP contribution >= 0.6 is 0 Å². The number of carbonyl (C=O) groups excluding carboxylic acids is 1. The zero-order valence-electron chi connectivity index (χ0n) is 16.4. The predicted molar refractivity (Wildman–Crippen MR) is 110 cm³/mol. The minimum Gasteiger partial charge on any atom is -0.444 e. The van der Waals surface area contributed by atoms with Crippen LogP contribution in [0, 0.1) is 6.92 Å². The van der Waals surface area contributed by atoms with Crippen LogP contribution in [0.4, 0.5) is 10.7 Å². The van der Waals surface area contributed by atoms with Crippen molar-refractivity contribution in [1.29, 1.82) is 0 Å². The fourth-order valence-electron chi connectivity index (χ4n) is 3.22. The zero-order chi connectivity index (χ0) is 20.1. The molecule has 2 aromatic heterocycles. The van der Waals surface area contributed by atoms with Crippen LogP contribution in [0.5, 0.6) is 0 Å². The summed E-state index contributed by atoms with van der Waals surface area (Å²) >= 11 is 0. The molecule has 8 heteroatoms. The predicted octanol–water partition coefficient (Wildman–Crippen LogP) is 2.51. The van der Waals surface area contributed by atoms with Crippen molar-refractivity contribution in [2.24, 2.45) is 0 Å². The minimum absolute atomic E-state index is 0.0547. The van der Waals surface area contributed by atoms with Gasteiger partial charge in [0, 0.05) is 57.1 Å². The van der Waals surface area contributed by atoms with Crippen LogP contribution in [0.2, 0.25) is 0 Å². The summed E-state index contributed by atoms with van der Waals surface area (Å²) in [5.74, 6) is 1.31. The number of rotatable bonds is 5. The Labute approximate surface area is 169 Å². The third-order valence-electron chi connectivity index (χ3n) is 4.91. The molecule has 0 atom stereocenters. The molecule has 1 saturated heterocycles.